The van der Waals surface area contributed by atoms with Gasteiger partial charge in [0.15, 0.2) is 0 Å². The topological polar surface area (TPSA) is 95.6 Å². The van der Waals surface area contributed by atoms with Crippen LogP contribution in [0, 0.1) is 0 Å². The molecule has 0 saturated heterocycles. The molecule has 1 aromatic rings. The quantitative estimate of drug-likeness (QED) is 0.574. The molecule has 0 fully saturated rings. The van der Waals surface area contributed by atoms with E-state index in [1.165, 1.54) is 18.2 Å². The van der Waals surface area contributed by atoms with E-state index in [4.69, 9.17) is 5.73 Å². The summed E-state index contributed by atoms with van der Waals surface area (Å²) in [4.78, 5) is 11.7. The van der Waals surface area contributed by atoms with Crippen molar-refractivity contribution in [2.45, 2.75) is 25.8 Å². The monoisotopic (exact) mass is 238 g/mol. The van der Waals surface area contributed by atoms with Crippen molar-refractivity contribution >= 4 is 5.91 Å². The molecule has 5 nitrogen and oxygen atoms in total. The molecule has 1 amide bonds. The minimum absolute atomic E-state index is 0.0895. The highest BCUT2D eigenvalue weighted by atomic mass is 16.3. The van der Waals surface area contributed by atoms with Gasteiger partial charge in [-0.1, -0.05) is 6.07 Å². The number of aromatic hydroxyl groups is 2. The summed E-state index contributed by atoms with van der Waals surface area (Å²) in [6.45, 7) is 2.37. The first-order valence-corrected chi connectivity index (χ1v) is 5.57. The molecule has 1 aromatic carbocycles. The number of nitrogens with two attached hydrogens (primary N) is 1. The van der Waals surface area contributed by atoms with E-state index in [0.717, 1.165) is 12.8 Å². The Labute approximate surface area is 100 Å². The molecule has 0 saturated carbocycles. The fourth-order valence-electron chi connectivity index (χ4n) is 1.48. The summed E-state index contributed by atoms with van der Waals surface area (Å²) < 4.78 is 0. The number of hydrogen-bond donors (Lipinski definition) is 4. The molecular formula is C12H18N2O3. The van der Waals surface area contributed by atoms with Crippen molar-refractivity contribution < 1.29 is 15.0 Å². The molecule has 0 aliphatic carbocycles. The van der Waals surface area contributed by atoms with Crippen LogP contribution in [0.3, 0.4) is 0 Å². The highest BCUT2D eigenvalue weighted by Crippen LogP contribution is 2.25. The second-order valence-electron chi connectivity index (χ2n) is 4.05. The lowest BCUT2D eigenvalue weighted by molar-refractivity contribution is 0.0947. The van der Waals surface area contributed by atoms with Gasteiger partial charge >= 0.3 is 0 Å². The summed E-state index contributed by atoms with van der Waals surface area (Å²) in [7, 11) is 0. The number of phenolic OH excluding ortho intramolecular Hbond substituents is 2. The highest BCUT2D eigenvalue weighted by molar-refractivity contribution is 5.99. The lowest BCUT2D eigenvalue weighted by Gasteiger charge is -2.09. The van der Waals surface area contributed by atoms with Gasteiger partial charge in [0.25, 0.3) is 5.91 Å². The second-order valence-corrected chi connectivity index (χ2v) is 4.05. The van der Waals surface area contributed by atoms with E-state index in [1.54, 1.807) is 0 Å². The molecule has 1 rings (SSSR count). The summed E-state index contributed by atoms with van der Waals surface area (Å²) in [5.74, 6) is -0.935. The van der Waals surface area contributed by atoms with E-state index < -0.39 is 5.91 Å². The van der Waals surface area contributed by atoms with Crippen LogP contribution in [-0.4, -0.2) is 28.7 Å². The third kappa shape index (κ3) is 3.96. The zero-order chi connectivity index (χ0) is 12.8. The van der Waals surface area contributed by atoms with E-state index >= 15 is 0 Å². The highest BCUT2D eigenvalue weighted by Gasteiger charge is 2.15. The number of benzene rings is 1. The van der Waals surface area contributed by atoms with Crippen molar-refractivity contribution in [3.8, 4) is 11.5 Å². The van der Waals surface area contributed by atoms with Crippen LogP contribution < -0.4 is 11.1 Å². The van der Waals surface area contributed by atoms with Gasteiger partial charge in [0.1, 0.15) is 17.1 Å². The number of nitrogens with one attached hydrogen (secondary N) is 1. The van der Waals surface area contributed by atoms with Gasteiger partial charge in [-0.25, -0.2) is 0 Å². The zero-order valence-electron chi connectivity index (χ0n) is 9.81. The van der Waals surface area contributed by atoms with Gasteiger partial charge in [0.05, 0.1) is 0 Å². The number of amides is 1. The normalized spacial score (nSPS) is 12.1. The van der Waals surface area contributed by atoms with E-state index in [2.05, 4.69) is 5.32 Å². The Balaban J connectivity index is 2.53. The van der Waals surface area contributed by atoms with E-state index in [1.807, 2.05) is 6.92 Å². The van der Waals surface area contributed by atoms with Crippen LogP contribution in [0.5, 0.6) is 11.5 Å². The maximum atomic E-state index is 11.7. The smallest absolute Gasteiger partial charge is 0.258 e. The van der Waals surface area contributed by atoms with Gasteiger partial charge in [-0.05, 0) is 31.9 Å². The molecule has 1 atom stereocenters. The molecule has 0 radical (unpaired) electrons. The van der Waals surface area contributed by atoms with Crippen molar-refractivity contribution in [2.75, 3.05) is 6.54 Å². The summed E-state index contributed by atoms with van der Waals surface area (Å²) in [5.41, 5.74) is 5.49. The van der Waals surface area contributed by atoms with Crippen molar-refractivity contribution in [1.82, 2.24) is 5.32 Å². The van der Waals surface area contributed by atoms with E-state index in [9.17, 15) is 15.0 Å². The zero-order valence-corrected chi connectivity index (χ0v) is 9.81. The Hall–Kier alpha value is -1.75. The Bertz CT molecular complexity index is 371. The molecule has 5 N–H and O–H groups in total. The fraction of sp³-hybridized carbons (Fsp3) is 0.417. The Morgan fingerprint density at radius 3 is 2.53 bits per heavy atom. The molecule has 17 heavy (non-hydrogen) atoms. The number of hydrogen-bond acceptors (Lipinski definition) is 4. The van der Waals surface area contributed by atoms with Crippen LogP contribution in [0.15, 0.2) is 18.2 Å². The molecule has 0 aromatic heterocycles. The lowest BCUT2D eigenvalue weighted by atomic mass is 10.1. The first-order valence-electron chi connectivity index (χ1n) is 5.57. The van der Waals surface area contributed by atoms with Crippen molar-refractivity contribution in [2.24, 2.45) is 5.73 Å². The first-order chi connectivity index (χ1) is 8.02. The molecule has 1 unspecified atom stereocenters. The van der Waals surface area contributed by atoms with Gasteiger partial charge in [0.2, 0.25) is 0 Å². The third-order valence-corrected chi connectivity index (χ3v) is 2.37. The summed E-state index contributed by atoms with van der Waals surface area (Å²) in [5, 5.41) is 21.6. The van der Waals surface area contributed by atoms with Crippen LogP contribution in [0.1, 0.15) is 30.1 Å². The molecule has 0 aliphatic rings. The van der Waals surface area contributed by atoms with Gasteiger partial charge in [0, 0.05) is 12.6 Å². The van der Waals surface area contributed by atoms with Crippen molar-refractivity contribution in [1.29, 1.82) is 0 Å². The fourth-order valence-corrected chi connectivity index (χ4v) is 1.48. The Morgan fingerprint density at radius 2 is 2.00 bits per heavy atom. The SMILES string of the molecule is CC(N)CCCNC(=O)c1c(O)cccc1O. The summed E-state index contributed by atoms with van der Waals surface area (Å²) in [6, 6.07) is 4.29. The summed E-state index contributed by atoms with van der Waals surface area (Å²) in [6.07, 6.45) is 1.57. The molecule has 5 heteroatoms. The lowest BCUT2D eigenvalue weighted by Crippen LogP contribution is -2.26. The first kappa shape index (κ1) is 13.3. The van der Waals surface area contributed by atoms with Gasteiger partial charge in [-0.2, -0.15) is 0 Å². The Morgan fingerprint density at radius 1 is 1.41 bits per heavy atom. The molecule has 0 aliphatic heterocycles. The van der Waals surface area contributed by atoms with Crippen LogP contribution in [0.25, 0.3) is 0 Å². The van der Waals surface area contributed by atoms with Crippen molar-refractivity contribution in [3.63, 3.8) is 0 Å². The maximum absolute atomic E-state index is 11.7. The number of phenols is 2. The minimum Gasteiger partial charge on any atom is -0.507 e. The molecule has 94 valence electrons. The molecule has 0 bridgehead atoms. The van der Waals surface area contributed by atoms with Crippen LogP contribution in [0.2, 0.25) is 0 Å². The number of rotatable bonds is 5. The minimum atomic E-state index is -0.481. The standard InChI is InChI=1S/C12H18N2O3/c1-8(13)4-3-7-14-12(17)11-9(15)5-2-6-10(11)16/h2,5-6,8,15-16H,3-4,7,13H2,1H3,(H,14,17). The largest absolute Gasteiger partial charge is 0.507 e. The summed E-state index contributed by atoms with van der Waals surface area (Å²) >= 11 is 0. The average Bonchev–Trinajstić information content (AvgIpc) is 2.24. The van der Waals surface area contributed by atoms with Crippen LogP contribution in [0.4, 0.5) is 0 Å². The van der Waals surface area contributed by atoms with E-state index in [0.29, 0.717) is 6.54 Å². The molecular weight excluding hydrogens is 220 g/mol. The van der Waals surface area contributed by atoms with Gasteiger partial charge in [-0.3, -0.25) is 4.79 Å². The van der Waals surface area contributed by atoms with Crippen molar-refractivity contribution in [3.05, 3.63) is 23.8 Å². The Kier molecular flexibility index (Phi) is 4.78. The second kappa shape index (κ2) is 6.10. The van der Waals surface area contributed by atoms with Crippen LogP contribution in [-0.2, 0) is 0 Å². The maximum Gasteiger partial charge on any atom is 0.258 e. The third-order valence-electron chi connectivity index (χ3n) is 2.37. The van der Waals surface area contributed by atoms with Gasteiger partial charge < -0.3 is 21.3 Å². The predicted octanol–water partition coefficient (Wildman–Crippen LogP) is 0.955. The average molecular weight is 238 g/mol. The van der Waals surface area contributed by atoms with Crippen LogP contribution >= 0.6 is 0 Å². The van der Waals surface area contributed by atoms with Gasteiger partial charge in [-0.15, -0.1) is 0 Å². The van der Waals surface area contributed by atoms with E-state index in [-0.39, 0.29) is 23.1 Å². The number of carbonyl (C=O) groups excluding carboxylic acids is 1. The number of carbonyl (C=O) groups is 1. The predicted molar refractivity (Wildman–Crippen MR) is 65.0 cm³/mol. The molecule has 0 spiro atoms. The molecule has 0 heterocycles.